The number of halogens is 2. The van der Waals surface area contributed by atoms with Crippen molar-refractivity contribution in [1.29, 1.82) is 0 Å². The second-order valence-electron chi connectivity index (χ2n) is 5.66. The van der Waals surface area contributed by atoms with Gasteiger partial charge in [-0.3, -0.25) is 14.8 Å². The molecular weight excluding hydrogens is 417 g/mol. The zero-order valence-corrected chi connectivity index (χ0v) is 17.1. The fourth-order valence-corrected chi connectivity index (χ4v) is 3.65. The van der Waals surface area contributed by atoms with E-state index in [1.165, 1.54) is 0 Å². The Morgan fingerprint density at radius 2 is 1.86 bits per heavy atom. The summed E-state index contributed by atoms with van der Waals surface area (Å²) in [5.74, 6) is 4.98. The second kappa shape index (κ2) is 9.14. The molecule has 9 heteroatoms. The van der Waals surface area contributed by atoms with E-state index in [1.807, 2.05) is 24.3 Å². The summed E-state index contributed by atoms with van der Waals surface area (Å²) in [6.07, 6.45) is 1.73. The minimum absolute atomic E-state index is 0.123. The number of Topliss-reactive ketones (excluding diaryl/α,β-unsaturated/α-hetero) is 1. The Bertz CT molecular complexity index is 1050. The lowest BCUT2D eigenvalue weighted by Crippen LogP contribution is -2.17. The molecular formula is C19H15Cl2N5OS. The number of nitrogens with two attached hydrogens (primary N) is 1. The van der Waals surface area contributed by atoms with Crippen LogP contribution in [0.25, 0.3) is 0 Å². The molecule has 1 aliphatic carbocycles. The molecule has 2 N–H and O–H groups in total. The number of aliphatic imine (C=N–C) groups is 2. The Balaban J connectivity index is 1.98. The molecule has 142 valence electrons. The number of nitrogens with zero attached hydrogens (tertiary/aromatic N) is 4. The number of ketones is 1. The van der Waals surface area contributed by atoms with E-state index in [-0.39, 0.29) is 11.0 Å². The number of benzene rings is 2. The zero-order valence-electron chi connectivity index (χ0n) is 14.8. The Morgan fingerprint density at radius 1 is 1.11 bits per heavy atom. The number of thioether (sulfide) groups is 1. The van der Waals surface area contributed by atoms with Crippen LogP contribution in [-0.2, 0) is 6.54 Å². The van der Waals surface area contributed by atoms with Crippen molar-refractivity contribution in [3.63, 3.8) is 0 Å². The first-order valence-corrected chi connectivity index (χ1v) is 9.70. The van der Waals surface area contributed by atoms with Gasteiger partial charge in [0.15, 0.2) is 0 Å². The Kier molecular flexibility index (Phi) is 6.61. The highest BCUT2D eigenvalue weighted by molar-refractivity contribution is 8.18. The maximum absolute atomic E-state index is 12.8. The average Bonchev–Trinajstić information content (AvgIpc) is 2.71. The van der Waals surface area contributed by atoms with E-state index < -0.39 is 0 Å². The number of fused-ring (bicyclic) bond motifs is 1. The van der Waals surface area contributed by atoms with Gasteiger partial charge in [-0.2, -0.15) is 0 Å². The van der Waals surface area contributed by atoms with Crippen LogP contribution in [0.15, 0.2) is 73.8 Å². The lowest BCUT2D eigenvalue weighted by Gasteiger charge is -2.17. The summed E-state index contributed by atoms with van der Waals surface area (Å²) in [5.41, 5.74) is 2.93. The summed E-state index contributed by atoms with van der Waals surface area (Å²) >= 11 is 13.1. The second-order valence-corrected chi connectivity index (χ2v) is 7.48. The molecule has 0 aromatic heterocycles. The van der Waals surface area contributed by atoms with Crippen molar-refractivity contribution in [2.45, 2.75) is 6.54 Å². The smallest absolute Gasteiger partial charge is 0.210 e. The normalized spacial score (nSPS) is 15.8. The van der Waals surface area contributed by atoms with E-state index in [9.17, 15) is 4.79 Å². The molecule has 0 saturated carbocycles. The first-order chi connectivity index (χ1) is 13.5. The Morgan fingerprint density at radius 3 is 2.54 bits per heavy atom. The topological polar surface area (TPSA) is 92.5 Å². The van der Waals surface area contributed by atoms with Crippen LogP contribution in [0.5, 0.6) is 0 Å². The number of hydrogen-bond acceptors (Lipinski definition) is 5. The lowest BCUT2D eigenvalue weighted by atomic mass is 9.94. The molecule has 6 nitrogen and oxygen atoms in total. The molecule has 0 unspecified atom stereocenters. The molecule has 0 bridgehead atoms. The first-order valence-electron chi connectivity index (χ1n) is 8.13. The average molecular weight is 432 g/mol. The highest BCUT2D eigenvalue weighted by Gasteiger charge is 2.25. The molecule has 0 fully saturated rings. The number of rotatable bonds is 3. The summed E-state index contributed by atoms with van der Waals surface area (Å²) in [6.45, 7) is 0.389. The van der Waals surface area contributed by atoms with E-state index in [1.54, 1.807) is 31.3 Å². The summed E-state index contributed by atoms with van der Waals surface area (Å²) in [4.78, 5) is 21.9. The predicted molar refractivity (Wildman–Crippen MR) is 116 cm³/mol. The third kappa shape index (κ3) is 4.49. The number of carbonyl (C=O) groups excluding carboxylic acids is 1. The summed E-state index contributed by atoms with van der Waals surface area (Å²) in [6, 6.07) is 12.7. The lowest BCUT2D eigenvalue weighted by molar-refractivity contribution is 0.104. The van der Waals surface area contributed by atoms with E-state index in [0.717, 1.165) is 22.9 Å². The van der Waals surface area contributed by atoms with Crippen molar-refractivity contribution in [2.75, 3.05) is 7.05 Å². The molecule has 0 saturated heterocycles. The molecule has 0 heterocycles. The van der Waals surface area contributed by atoms with Gasteiger partial charge in [0, 0.05) is 18.2 Å². The number of allylic oxidation sites excluding steroid dienone is 2. The molecule has 0 spiro atoms. The van der Waals surface area contributed by atoms with Gasteiger partial charge in [0.25, 0.3) is 0 Å². The number of hydrogen-bond donors (Lipinski definition) is 1. The third-order valence-corrected chi connectivity index (χ3v) is 5.60. The monoisotopic (exact) mass is 431 g/mol. The van der Waals surface area contributed by atoms with Crippen LogP contribution in [0.4, 0.5) is 0 Å². The number of carbonyl (C=O) groups is 1. The van der Waals surface area contributed by atoms with Gasteiger partial charge in [-0.25, -0.2) is 0 Å². The Hall–Kier alpha value is -2.48. The summed E-state index contributed by atoms with van der Waals surface area (Å²) in [7, 11) is 1.55. The standard InChI is InChI=1S/C19H15Cl2N5OS/c1-23-19(25-26-22)28-17-9-16(12-4-2-3-5-13(12)18(17)27)24-10-11-6-7-14(20)15(21)8-11/h2-9H,10H2,1H3,(H2,22,23,25). The van der Waals surface area contributed by atoms with Crippen LogP contribution in [0.3, 0.4) is 0 Å². The fraction of sp³-hybridized carbons (Fsp3) is 0.105. The van der Waals surface area contributed by atoms with Crippen molar-refractivity contribution >= 4 is 51.6 Å². The van der Waals surface area contributed by atoms with Crippen LogP contribution >= 0.6 is 35.0 Å². The van der Waals surface area contributed by atoms with Gasteiger partial charge in [-0.05, 0) is 35.5 Å². The van der Waals surface area contributed by atoms with E-state index in [0.29, 0.717) is 32.8 Å². The molecule has 2 aromatic carbocycles. The first kappa shape index (κ1) is 20.3. The minimum atomic E-state index is -0.123. The largest absolute Gasteiger partial charge is 0.304 e. The van der Waals surface area contributed by atoms with Crippen LogP contribution < -0.4 is 5.84 Å². The van der Waals surface area contributed by atoms with Gasteiger partial charge in [-0.15, -0.1) is 5.11 Å². The minimum Gasteiger partial charge on any atom is -0.304 e. The maximum atomic E-state index is 12.8. The van der Waals surface area contributed by atoms with Gasteiger partial charge >= 0.3 is 0 Å². The molecule has 3 rings (SSSR count). The number of amidine groups is 1. The predicted octanol–water partition coefficient (Wildman–Crippen LogP) is 5.11. The van der Waals surface area contributed by atoms with E-state index >= 15 is 0 Å². The molecule has 1 aliphatic rings. The van der Waals surface area contributed by atoms with Crippen molar-refractivity contribution in [1.82, 2.24) is 0 Å². The quantitative estimate of drug-likeness (QED) is 0.240. The molecule has 0 aliphatic heterocycles. The fourth-order valence-electron chi connectivity index (χ4n) is 2.58. The van der Waals surface area contributed by atoms with Gasteiger partial charge in [0.2, 0.25) is 11.0 Å². The highest BCUT2D eigenvalue weighted by atomic mass is 35.5. The molecule has 0 atom stereocenters. The van der Waals surface area contributed by atoms with Gasteiger partial charge in [0.1, 0.15) is 0 Å². The van der Waals surface area contributed by atoms with Crippen LogP contribution in [0.1, 0.15) is 21.5 Å². The van der Waals surface area contributed by atoms with Crippen LogP contribution in [0, 0.1) is 0 Å². The van der Waals surface area contributed by atoms with Gasteiger partial charge in [-0.1, -0.05) is 58.8 Å². The van der Waals surface area contributed by atoms with Crippen LogP contribution in [0.2, 0.25) is 10.0 Å². The Labute approximate surface area is 176 Å². The van der Waals surface area contributed by atoms with E-state index in [4.69, 9.17) is 29.0 Å². The summed E-state index contributed by atoms with van der Waals surface area (Å²) in [5, 5.41) is 8.20. The third-order valence-electron chi connectivity index (χ3n) is 3.89. The van der Waals surface area contributed by atoms with Gasteiger partial charge in [0.05, 0.1) is 27.2 Å². The van der Waals surface area contributed by atoms with Crippen molar-refractivity contribution in [3.05, 3.63) is 80.2 Å². The van der Waals surface area contributed by atoms with Crippen molar-refractivity contribution in [3.8, 4) is 0 Å². The van der Waals surface area contributed by atoms with Crippen molar-refractivity contribution in [2.24, 2.45) is 26.2 Å². The zero-order chi connectivity index (χ0) is 20.1. The molecule has 0 radical (unpaired) electrons. The van der Waals surface area contributed by atoms with Gasteiger partial charge < -0.3 is 5.84 Å². The molecule has 0 amide bonds. The maximum Gasteiger partial charge on any atom is 0.210 e. The highest BCUT2D eigenvalue weighted by Crippen LogP contribution is 2.30. The van der Waals surface area contributed by atoms with Crippen molar-refractivity contribution < 1.29 is 4.79 Å². The molecule has 28 heavy (non-hydrogen) atoms. The van der Waals surface area contributed by atoms with E-state index in [2.05, 4.69) is 20.3 Å². The summed E-state index contributed by atoms with van der Waals surface area (Å²) < 4.78 is 0. The SMILES string of the molecule is CN=C(N=NN)SC1=CC(=NCc2ccc(Cl)c(Cl)c2)c2ccccc2C1=O. The van der Waals surface area contributed by atoms with Crippen LogP contribution in [-0.4, -0.2) is 23.7 Å². The molecule has 2 aromatic rings.